The Morgan fingerprint density at radius 1 is 1.21 bits per heavy atom. The van der Waals surface area contributed by atoms with Gasteiger partial charge in [-0.15, -0.1) is 10.2 Å². The molecule has 4 aromatic rings. The predicted molar refractivity (Wildman–Crippen MR) is 134 cm³/mol. The first kappa shape index (κ1) is 25.7. The maximum absolute atomic E-state index is 14.8. The average Bonchev–Trinajstić information content (AvgIpc) is 3.38. The van der Waals surface area contributed by atoms with Crippen molar-refractivity contribution in [2.24, 2.45) is 0 Å². The number of carbonyl (C=O) groups is 1. The number of rotatable bonds is 10. The highest BCUT2D eigenvalue weighted by Gasteiger charge is 2.27. The molecule has 1 unspecified atom stereocenters. The predicted octanol–water partition coefficient (Wildman–Crippen LogP) is 3.29. The molecular weight excluding hydrogens is 498 g/mol. The lowest BCUT2D eigenvalue weighted by molar-refractivity contribution is 0.0947. The normalized spacial score (nSPS) is 14.3. The van der Waals surface area contributed by atoms with E-state index in [9.17, 15) is 18.7 Å². The molecule has 4 N–H and O–H groups in total. The van der Waals surface area contributed by atoms with Gasteiger partial charge >= 0.3 is 0 Å². The fraction of sp³-hybridized carbons (Fsp3) is 0.400. The number of hydrogen-bond donors (Lipinski definition) is 4. The Balaban J connectivity index is 1.50. The summed E-state index contributed by atoms with van der Waals surface area (Å²) < 4.78 is 36.6. The molecule has 1 atom stereocenters. The quantitative estimate of drug-likeness (QED) is 0.245. The van der Waals surface area contributed by atoms with Gasteiger partial charge in [-0.25, -0.2) is 18.3 Å². The van der Waals surface area contributed by atoms with Crippen molar-refractivity contribution in [3.63, 3.8) is 0 Å². The first-order valence-corrected chi connectivity index (χ1v) is 12.4. The van der Waals surface area contributed by atoms with E-state index < -0.39 is 23.6 Å². The lowest BCUT2D eigenvalue weighted by Crippen LogP contribution is -2.26. The first-order chi connectivity index (χ1) is 18.2. The van der Waals surface area contributed by atoms with Crippen LogP contribution in [0.25, 0.3) is 17.0 Å². The van der Waals surface area contributed by atoms with E-state index in [2.05, 4.69) is 36.2 Å². The van der Waals surface area contributed by atoms with Gasteiger partial charge in [0.25, 0.3) is 5.91 Å². The number of benzene rings is 1. The molecule has 1 fully saturated rings. The molecule has 0 aliphatic heterocycles. The Morgan fingerprint density at radius 2 is 2.00 bits per heavy atom. The van der Waals surface area contributed by atoms with Crippen LogP contribution in [0.4, 0.5) is 20.3 Å². The monoisotopic (exact) mass is 526 g/mol. The minimum absolute atomic E-state index is 0.0248. The van der Waals surface area contributed by atoms with Crippen LogP contribution in [0.3, 0.4) is 0 Å². The van der Waals surface area contributed by atoms with Crippen LogP contribution in [-0.2, 0) is 6.54 Å². The highest BCUT2D eigenvalue weighted by molar-refractivity contribution is 5.96. The van der Waals surface area contributed by atoms with Crippen molar-refractivity contribution in [2.45, 2.75) is 58.2 Å². The molecule has 5 rings (SSSR count). The van der Waals surface area contributed by atoms with Crippen molar-refractivity contribution in [1.29, 1.82) is 0 Å². The van der Waals surface area contributed by atoms with E-state index in [-0.39, 0.29) is 41.5 Å². The summed E-state index contributed by atoms with van der Waals surface area (Å²) in [6.07, 6.45) is 4.18. The van der Waals surface area contributed by atoms with E-state index in [0.29, 0.717) is 29.6 Å². The molecule has 0 radical (unpaired) electrons. The number of anilines is 2. The number of nitrogens with one attached hydrogen (secondary N) is 3. The number of carbonyl (C=O) groups excluding carboxylic acids is 1. The number of amides is 1. The van der Waals surface area contributed by atoms with Crippen molar-refractivity contribution in [1.82, 2.24) is 35.4 Å². The molecule has 1 aliphatic rings. The van der Waals surface area contributed by atoms with E-state index in [1.165, 1.54) is 6.33 Å². The number of aliphatic hydroxyl groups excluding tert-OH is 1. The summed E-state index contributed by atoms with van der Waals surface area (Å²) in [6.45, 7) is 6.27. The molecule has 0 bridgehead atoms. The summed E-state index contributed by atoms with van der Waals surface area (Å²) in [6, 6.07) is 1.85. The first-order valence-electron chi connectivity index (χ1n) is 12.4. The maximum atomic E-state index is 14.8. The van der Waals surface area contributed by atoms with Gasteiger partial charge in [0, 0.05) is 24.8 Å². The van der Waals surface area contributed by atoms with Crippen LogP contribution in [0.15, 0.2) is 29.1 Å². The summed E-state index contributed by atoms with van der Waals surface area (Å²) in [4.78, 5) is 16.8. The van der Waals surface area contributed by atoms with Crippen molar-refractivity contribution in [3.8, 4) is 11.5 Å². The smallest absolute Gasteiger partial charge is 0.254 e. The summed E-state index contributed by atoms with van der Waals surface area (Å²) in [5, 5.41) is 30.6. The molecule has 0 saturated heterocycles. The molecule has 38 heavy (non-hydrogen) atoms. The number of hydrogen-bond acceptors (Lipinski definition) is 9. The lowest BCUT2D eigenvalue weighted by atomic mass is 10.00. The highest BCUT2D eigenvalue weighted by Crippen LogP contribution is 2.37. The molecule has 3 heterocycles. The minimum Gasteiger partial charge on any atom is -0.419 e. The topological polar surface area (TPSA) is 142 Å². The van der Waals surface area contributed by atoms with Gasteiger partial charge in [-0.1, -0.05) is 13.8 Å². The zero-order chi connectivity index (χ0) is 27.0. The van der Waals surface area contributed by atoms with Crippen molar-refractivity contribution >= 4 is 22.9 Å². The van der Waals surface area contributed by atoms with Gasteiger partial charge in [-0.05, 0) is 37.3 Å². The largest absolute Gasteiger partial charge is 0.419 e. The highest BCUT2D eigenvalue weighted by atomic mass is 19.1. The number of aromatic nitrogens is 5. The Labute approximate surface area is 216 Å². The number of fused-ring (bicyclic) bond motifs is 1. The summed E-state index contributed by atoms with van der Waals surface area (Å²) in [5.41, 5.74) is 1.58. The average molecular weight is 527 g/mol. The van der Waals surface area contributed by atoms with Gasteiger partial charge in [-0.2, -0.15) is 5.10 Å². The summed E-state index contributed by atoms with van der Waals surface area (Å²) >= 11 is 0. The maximum Gasteiger partial charge on any atom is 0.254 e. The second-order valence-corrected chi connectivity index (χ2v) is 9.68. The van der Waals surface area contributed by atoms with E-state index in [1.807, 2.05) is 13.8 Å². The Hall–Kier alpha value is -3.97. The van der Waals surface area contributed by atoms with E-state index in [0.717, 1.165) is 24.5 Å². The molecule has 1 saturated carbocycles. The third kappa shape index (κ3) is 5.34. The Morgan fingerprint density at radius 3 is 2.71 bits per heavy atom. The number of aliphatic hydroxyl groups is 1. The van der Waals surface area contributed by atoms with Crippen LogP contribution in [0.2, 0.25) is 0 Å². The van der Waals surface area contributed by atoms with Gasteiger partial charge in [0.05, 0.1) is 29.5 Å². The van der Waals surface area contributed by atoms with E-state index in [4.69, 9.17) is 4.42 Å². The van der Waals surface area contributed by atoms with Gasteiger partial charge in [0.2, 0.25) is 11.8 Å². The molecule has 1 aromatic carbocycles. The summed E-state index contributed by atoms with van der Waals surface area (Å²) in [7, 11) is 0. The lowest BCUT2D eigenvalue weighted by Gasteiger charge is -2.13. The van der Waals surface area contributed by atoms with Crippen LogP contribution in [0.5, 0.6) is 0 Å². The SMILES string of the molecule is CC(O)CNCc1nnc(-c2cn3ncnc(Nc4cc(C(=O)NC5CC5)c(F)cc4F)c3c2C(C)C)o1. The zero-order valence-electron chi connectivity index (χ0n) is 21.1. The van der Waals surface area contributed by atoms with Crippen LogP contribution in [0.1, 0.15) is 61.3 Å². The third-order valence-corrected chi connectivity index (χ3v) is 6.07. The van der Waals surface area contributed by atoms with Crippen LogP contribution < -0.4 is 16.0 Å². The number of halogens is 2. The van der Waals surface area contributed by atoms with Crippen LogP contribution in [-0.4, -0.2) is 54.5 Å². The van der Waals surface area contributed by atoms with Gasteiger partial charge in [0.1, 0.15) is 23.5 Å². The van der Waals surface area contributed by atoms with Crippen molar-refractivity contribution < 1.29 is 23.1 Å². The molecule has 11 nitrogen and oxygen atoms in total. The molecular formula is C25H28F2N8O3. The van der Waals surface area contributed by atoms with Crippen molar-refractivity contribution in [2.75, 3.05) is 11.9 Å². The van der Waals surface area contributed by atoms with E-state index in [1.54, 1.807) is 17.6 Å². The molecule has 0 spiro atoms. The fourth-order valence-corrected chi connectivity index (χ4v) is 4.14. The molecule has 200 valence electrons. The van der Waals surface area contributed by atoms with Gasteiger partial charge in [-0.3, -0.25) is 4.79 Å². The standard InChI is InChI=1S/C25H28F2N8O3/c1-12(2)21-16(25-34-33-20(38-25)9-28-8-13(3)36)10-35-22(21)23(29-11-30-35)32-19-6-15(17(26)7-18(19)27)24(37)31-14-4-5-14/h6-7,10-14,28,36H,4-5,8-9H2,1-3H3,(H,31,37)(H,29,30,32). The minimum atomic E-state index is -0.943. The van der Waals surface area contributed by atoms with Gasteiger partial charge < -0.3 is 25.5 Å². The third-order valence-electron chi connectivity index (χ3n) is 6.07. The van der Waals surface area contributed by atoms with Gasteiger partial charge in [0.15, 0.2) is 5.82 Å². The second-order valence-electron chi connectivity index (χ2n) is 9.68. The van der Waals surface area contributed by atoms with Crippen molar-refractivity contribution in [3.05, 3.63) is 53.3 Å². The molecule has 13 heteroatoms. The Bertz CT molecular complexity index is 1480. The Kier molecular flexibility index (Phi) is 7.04. The molecule has 1 aliphatic carbocycles. The summed E-state index contributed by atoms with van der Waals surface area (Å²) in [5.74, 6) is -1.58. The fourth-order valence-electron chi connectivity index (χ4n) is 4.14. The number of nitrogens with zero attached hydrogens (tertiary/aromatic N) is 5. The van der Waals surface area contributed by atoms with Crippen LogP contribution >= 0.6 is 0 Å². The van der Waals surface area contributed by atoms with E-state index >= 15 is 0 Å². The second kappa shape index (κ2) is 10.4. The zero-order valence-corrected chi connectivity index (χ0v) is 21.1. The van der Waals surface area contributed by atoms with Crippen LogP contribution in [0, 0.1) is 11.6 Å². The molecule has 3 aromatic heterocycles. The molecule has 1 amide bonds.